The van der Waals surface area contributed by atoms with Gasteiger partial charge in [0.15, 0.2) is 0 Å². The lowest BCUT2D eigenvalue weighted by molar-refractivity contribution is -0.113. The van der Waals surface area contributed by atoms with E-state index in [-0.39, 0.29) is 22.5 Å². The van der Waals surface area contributed by atoms with Crippen molar-refractivity contribution in [2.45, 2.75) is 13.8 Å². The van der Waals surface area contributed by atoms with Crippen LogP contribution in [0.1, 0.15) is 13.8 Å². The smallest absolute Gasteiger partial charge is 0.225 e. The number of rotatable bonds is 2. The Hall–Kier alpha value is 0.660. The Morgan fingerprint density at radius 3 is 2.25 bits per heavy atom. The second kappa shape index (κ2) is 3.43. The summed E-state index contributed by atoms with van der Waals surface area (Å²) in [6.07, 6.45) is 0. The Balaban J connectivity index is 2.80. The standard InChI is InChI=1S/C8H9Br2ClO/c1-8(2)5(4(10)3-9)6(8)7(11)12/h3,5-6H,1-2H3/t5-,6-/m0/s1. The van der Waals surface area contributed by atoms with Gasteiger partial charge in [0.25, 0.3) is 0 Å². The quantitative estimate of drug-likeness (QED) is 0.711. The maximum Gasteiger partial charge on any atom is 0.225 e. The van der Waals surface area contributed by atoms with Gasteiger partial charge < -0.3 is 0 Å². The van der Waals surface area contributed by atoms with Gasteiger partial charge >= 0.3 is 0 Å². The number of carbonyl (C=O) groups excluding carboxylic acids is 1. The fourth-order valence-electron chi connectivity index (χ4n) is 1.64. The number of allylic oxidation sites excluding steroid dienone is 1. The summed E-state index contributed by atoms with van der Waals surface area (Å²) in [5.74, 6) is 0.198. The first-order chi connectivity index (χ1) is 5.42. The summed E-state index contributed by atoms with van der Waals surface area (Å²) in [5, 5.41) is -0.240. The Morgan fingerprint density at radius 2 is 2.00 bits per heavy atom. The van der Waals surface area contributed by atoms with Gasteiger partial charge in [-0.25, -0.2) is 0 Å². The molecule has 0 bridgehead atoms. The van der Waals surface area contributed by atoms with E-state index in [1.165, 1.54) is 0 Å². The van der Waals surface area contributed by atoms with Crippen molar-refractivity contribution < 1.29 is 4.79 Å². The van der Waals surface area contributed by atoms with Crippen LogP contribution in [0, 0.1) is 17.3 Å². The van der Waals surface area contributed by atoms with Gasteiger partial charge in [0.2, 0.25) is 5.24 Å². The summed E-state index contributed by atoms with van der Waals surface area (Å²) in [5.41, 5.74) is 0.00192. The van der Waals surface area contributed by atoms with Gasteiger partial charge in [-0.1, -0.05) is 45.7 Å². The zero-order chi connectivity index (χ0) is 9.52. The van der Waals surface area contributed by atoms with Crippen molar-refractivity contribution in [2.24, 2.45) is 17.3 Å². The van der Waals surface area contributed by atoms with Gasteiger partial charge in [-0.15, -0.1) is 0 Å². The Morgan fingerprint density at radius 1 is 1.50 bits per heavy atom. The van der Waals surface area contributed by atoms with E-state index >= 15 is 0 Å². The van der Waals surface area contributed by atoms with Gasteiger partial charge in [-0.2, -0.15) is 0 Å². The van der Waals surface area contributed by atoms with E-state index in [0.29, 0.717) is 0 Å². The van der Waals surface area contributed by atoms with Gasteiger partial charge in [-0.3, -0.25) is 4.79 Å². The Bertz CT molecular complexity index is 247. The van der Waals surface area contributed by atoms with E-state index in [9.17, 15) is 4.79 Å². The zero-order valence-corrected chi connectivity index (χ0v) is 10.7. The van der Waals surface area contributed by atoms with Gasteiger partial charge in [0.05, 0.1) is 0 Å². The molecule has 0 spiro atoms. The van der Waals surface area contributed by atoms with Crippen molar-refractivity contribution in [3.8, 4) is 0 Å². The van der Waals surface area contributed by atoms with Crippen molar-refractivity contribution in [2.75, 3.05) is 0 Å². The van der Waals surface area contributed by atoms with Crippen LogP contribution in [0.2, 0.25) is 0 Å². The fourth-order valence-corrected chi connectivity index (χ4v) is 3.19. The summed E-state index contributed by atoms with van der Waals surface area (Å²) in [7, 11) is 0. The minimum atomic E-state index is -0.240. The minimum absolute atomic E-state index is 0.00192. The Kier molecular flexibility index (Phi) is 3.07. The summed E-state index contributed by atoms with van der Waals surface area (Å²) >= 11 is 12.1. The van der Waals surface area contributed by atoms with Crippen molar-refractivity contribution in [1.29, 1.82) is 0 Å². The molecule has 0 amide bonds. The van der Waals surface area contributed by atoms with Gasteiger partial charge in [0.1, 0.15) is 0 Å². The largest absolute Gasteiger partial charge is 0.281 e. The SMILES string of the molecule is CC1(C)[C@H](C(=O)Cl)[C@@H]1C(Br)=CBr. The summed E-state index contributed by atoms with van der Waals surface area (Å²) < 4.78 is 1.01. The second-order valence-corrected chi connectivity index (χ2v) is 5.32. The second-order valence-electron chi connectivity index (χ2n) is 3.57. The third-order valence-electron chi connectivity index (χ3n) is 2.47. The topological polar surface area (TPSA) is 17.1 Å². The maximum absolute atomic E-state index is 11.0. The highest BCUT2D eigenvalue weighted by atomic mass is 79.9. The van der Waals surface area contributed by atoms with E-state index in [4.69, 9.17) is 11.6 Å². The highest BCUT2D eigenvalue weighted by Gasteiger charge is 2.62. The normalized spacial score (nSPS) is 33.2. The molecule has 0 aromatic rings. The summed E-state index contributed by atoms with van der Waals surface area (Å²) in [6.45, 7) is 4.08. The lowest BCUT2D eigenvalue weighted by atomic mass is 10.1. The van der Waals surface area contributed by atoms with Crippen LogP contribution in [0.5, 0.6) is 0 Å². The van der Waals surface area contributed by atoms with E-state index in [1.54, 1.807) is 4.99 Å². The summed E-state index contributed by atoms with van der Waals surface area (Å²) in [6, 6.07) is 0. The molecule has 1 nitrogen and oxygen atoms in total. The molecule has 0 aromatic heterocycles. The van der Waals surface area contributed by atoms with E-state index in [1.807, 2.05) is 13.8 Å². The van der Waals surface area contributed by atoms with E-state index < -0.39 is 0 Å². The van der Waals surface area contributed by atoms with Gasteiger partial charge in [-0.05, 0) is 22.0 Å². The molecule has 1 saturated carbocycles. The molecule has 4 heteroatoms. The molecule has 1 aliphatic carbocycles. The first kappa shape index (κ1) is 10.7. The fraction of sp³-hybridized carbons (Fsp3) is 0.625. The molecule has 2 atom stereocenters. The van der Waals surface area contributed by atoms with E-state index in [2.05, 4.69) is 31.9 Å². The number of hydrogen-bond acceptors (Lipinski definition) is 1. The predicted molar refractivity (Wildman–Crippen MR) is 57.6 cm³/mol. The van der Waals surface area contributed by atoms with Crippen molar-refractivity contribution in [1.82, 2.24) is 0 Å². The van der Waals surface area contributed by atoms with Gasteiger partial charge in [0, 0.05) is 16.3 Å². The van der Waals surface area contributed by atoms with Crippen LogP contribution in [-0.2, 0) is 4.79 Å². The lowest BCUT2D eigenvalue weighted by Gasteiger charge is -1.98. The van der Waals surface area contributed by atoms with Crippen molar-refractivity contribution in [3.63, 3.8) is 0 Å². The van der Waals surface area contributed by atoms with Crippen LogP contribution < -0.4 is 0 Å². The van der Waals surface area contributed by atoms with Crippen molar-refractivity contribution >= 4 is 48.7 Å². The average molecular weight is 316 g/mol. The lowest BCUT2D eigenvalue weighted by Crippen LogP contribution is -1.96. The molecule has 1 aliphatic rings. The molecule has 0 saturated heterocycles. The zero-order valence-electron chi connectivity index (χ0n) is 6.77. The minimum Gasteiger partial charge on any atom is -0.281 e. The third-order valence-corrected chi connectivity index (χ3v) is 4.54. The predicted octanol–water partition coefficient (Wildman–Crippen LogP) is 3.66. The van der Waals surface area contributed by atoms with Crippen LogP contribution in [-0.4, -0.2) is 5.24 Å². The van der Waals surface area contributed by atoms with Crippen LogP contribution in [0.3, 0.4) is 0 Å². The summed E-state index contributed by atoms with van der Waals surface area (Å²) in [4.78, 5) is 12.7. The molecule has 12 heavy (non-hydrogen) atoms. The van der Waals surface area contributed by atoms with Crippen molar-refractivity contribution in [3.05, 3.63) is 9.47 Å². The molecule has 68 valence electrons. The molecule has 0 radical (unpaired) electrons. The molecule has 0 unspecified atom stereocenters. The first-order valence-corrected chi connectivity index (χ1v) is 5.66. The molecule has 0 heterocycles. The molecule has 0 N–H and O–H groups in total. The molecular weight excluding hydrogens is 307 g/mol. The molecule has 1 rings (SSSR count). The molecule has 0 aliphatic heterocycles. The number of halogens is 3. The van der Waals surface area contributed by atoms with Crippen LogP contribution >= 0.6 is 43.5 Å². The maximum atomic E-state index is 11.0. The number of carbonyl (C=O) groups is 1. The molecule has 0 aromatic carbocycles. The van der Waals surface area contributed by atoms with Crippen LogP contribution in [0.25, 0.3) is 0 Å². The van der Waals surface area contributed by atoms with Crippen LogP contribution in [0.15, 0.2) is 9.47 Å². The highest BCUT2D eigenvalue weighted by molar-refractivity contribution is 9.14. The third kappa shape index (κ3) is 1.64. The Labute approximate surface area is 93.8 Å². The molecular formula is C8H9Br2ClO. The number of hydrogen-bond donors (Lipinski definition) is 0. The monoisotopic (exact) mass is 314 g/mol. The van der Waals surface area contributed by atoms with E-state index in [0.717, 1.165) is 4.48 Å². The highest BCUT2D eigenvalue weighted by Crippen LogP contribution is 2.63. The van der Waals surface area contributed by atoms with Crippen LogP contribution in [0.4, 0.5) is 0 Å². The average Bonchev–Trinajstić information content (AvgIpc) is 2.52. The first-order valence-electron chi connectivity index (χ1n) is 3.58. The molecule has 1 fully saturated rings.